The molecule has 146 valence electrons. The van der Waals surface area contributed by atoms with Gasteiger partial charge in [-0.3, -0.25) is 0 Å². The van der Waals surface area contributed by atoms with Crippen molar-refractivity contribution < 1.29 is 4.74 Å². The van der Waals surface area contributed by atoms with Gasteiger partial charge in [0, 0.05) is 41.4 Å². The Morgan fingerprint density at radius 3 is 2.66 bits per heavy atom. The van der Waals surface area contributed by atoms with Crippen molar-refractivity contribution in [1.29, 1.82) is 0 Å². The van der Waals surface area contributed by atoms with Crippen molar-refractivity contribution in [2.45, 2.75) is 6.92 Å². The molecule has 7 nitrogen and oxygen atoms in total. The van der Waals surface area contributed by atoms with Crippen LogP contribution >= 0.6 is 0 Å². The van der Waals surface area contributed by atoms with E-state index in [1.807, 2.05) is 37.3 Å². The monoisotopic (exact) mass is 386 g/mol. The number of aromatic nitrogens is 2. The summed E-state index contributed by atoms with van der Waals surface area (Å²) in [6.07, 6.45) is 1.75. The zero-order chi connectivity index (χ0) is 19.6. The van der Waals surface area contributed by atoms with Gasteiger partial charge in [-0.25, -0.2) is 9.98 Å². The molecule has 1 aromatic heterocycles. The fourth-order valence-corrected chi connectivity index (χ4v) is 3.59. The highest BCUT2D eigenvalue weighted by Crippen LogP contribution is 2.33. The lowest BCUT2D eigenvalue weighted by atomic mass is 10.1. The Labute approximate surface area is 169 Å². The largest absolute Gasteiger partial charge is 0.378 e. The smallest absolute Gasteiger partial charge is 0.229 e. The van der Waals surface area contributed by atoms with Gasteiger partial charge in [0.05, 0.1) is 19.4 Å². The maximum absolute atomic E-state index is 5.42. The van der Waals surface area contributed by atoms with Crippen LogP contribution in [0.2, 0.25) is 0 Å². The molecular formula is C22H22N6O. The standard InChI is InChI=1S/C22H22N6O/c1-15-18-4-2-3-5-19(18)26-21-20(24-15)14-23-22(27-21)25-16-6-8-17(9-7-16)28-10-12-29-13-11-28/h2-9,14H,10-13H2,1H3,(H2,23,25,26,27). The first kappa shape index (κ1) is 17.6. The molecule has 3 heterocycles. The second-order valence-corrected chi connectivity index (χ2v) is 7.07. The molecule has 5 rings (SSSR count). The van der Waals surface area contributed by atoms with Crippen LogP contribution in [0.25, 0.3) is 0 Å². The molecule has 3 aromatic rings. The van der Waals surface area contributed by atoms with Gasteiger partial charge in [0.15, 0.2) is 5.82 Å². The number of ether oxygens (including phenoxy) is 1. The van der Waals surface area contributed by atoms with Crippen LogP contribution in [0.5, 0.6) is 0 Å². The predicted octanol–water partition coefficient (Wildman–Crippen LogP) is 4.25. The molecule has 0 amide bonds. The number of hydrogen-bond donors (Lipinski definition) is 2. The van der Waals surface area contributed by atoms with E-state index in [1.54, 1.807) is 6.20 Å². The van der Waals surface area contributed by atoms with Crippen molar-refractivity contribution in [1.82, 2.24) is 9.97 Å². The molecule has 29 heavy (non-hydrogen) atoms. The molecule has 1 fully saturated rings. The summed E-state index contributed by atoms with van der Waals surface area (Å²) in [4.78, 5) is 16.1. The molecule has 7 heteroatoms. The van der Waals surface area contributed by atoms with E-state index in [2.05, 4.69) is 48.7 Å². The fourth-order valence-electron chi connectivity index (χ4n) is 3.59. The summed E-state index contributed by atoms with van der Waals surface area (Å²) in [5.41, 5.74) is 5.87. The third-order valence-corrected chi connectivity index (χ3v) is 5.13. The first-order chi connectivity index (χ1) is 14.3. The van der Waals surface area contributed by atoms with Gasteiger partial charge in [-0.1, -0.05) is 18.2 Å². The maximum Gasteiger partial charge on any atom is 0.229 e. The van der Waals surface area contributed by atoms with Crippen LogP contribution < -0.4 is 15.5 Å². The lowest BCUT2D eigenvalue weighted by molar-refractivity contribution is 0.122. The number of benzene rings is 2. The highest BCUT2D eigenvalue weighted by molar-refractivity contribution is 6.07. The molecule has 2 aliphatic heterocycles. The van der Waals surface area contributed by atoms with Gasteiger partial charge >= 0.3 is 0 Å². The van der Waals surface area contributed by atoms with Crippen LogP contribution in [-0.2, 0) is 4.74 Å². The van der Waals surface area contributed by atoms with Crippen molar-refractivity contribution in [2.75, 3.05) is 41.8 Å². The van der Waals surface area contributed by atoms with Crippen LogP contribution in [0.3, 0.4) is 0 Å². The Kier molecular flexibility index (Phi) is 4.57. The summed E-state index contributed by atoms with van der Waals surface area (Å²) in [5, 5.41) is 6.67. The normalized spacial score (nSPS) is 15.5. The number of nitrogens with zero attached hydrogens (tertiary/aromatic N) is 4. The van der Waals surface area contributed by atoms with E-state index in [9.17, 15) is 0 Å². The van der Waals surface area contributed by atoms with Crippen LogP contribution in [0.15, 0.2) is 59.7 Å². The Morgan fingerprint density at radius 1 is 1.03 bits per heavy atom. The molecule has 0 aliphatic carbocycles. The van der Waals surface area contributed by atoms with E-state index < -0.39 is 0 Å². The van der Waals surface area contributed by atoms with Gasteiger partial charge in [-0.05, 0) is 37.3 Å². The van der Waals surface area contributed by atoms with Gasteiger partial charge in [0.25, 0.3) is 0 Å². The zero-order valence-corrected chi connectivity index (χ0v) is 16.2. The molecule has 0 bridgehead atoms. The van der Waals surface area contributed by atoms with Gasteiger partial charge in [0.1, 0.15) is 5.69 Å². The molecule has 2 N–H and O–H groups in total. The number of nitrogens with one attached hydrogen (secondary N) is 2. The molecule has 2 aliphatic rings. The fraction of sp³-hybridized carbons (Fsp3) is 0.227. The minimum Gasteiger partial charge on any atom is -0.378 e. The summed E-state index contributed by atoms with van der Waals surface area (Å²) >= 11 is 0. The zero-order valence-electron chi connectivity index (χ0n) is 16.2. The number of para-hydroxylation sites is 1. The van der Waals surface area contributed by atoms with Crippen molar-refractivity contribution in [3.05, 3.63) is 60.3 Å². The van der Waals surface area contributed by atoms with Crippen LogP contribution in [0.4, 0.5) is 34.5 Å². The third kappa shape index (κ3) is 3.64. The Morgan fingerprint density at radius 2 is 1.83 bits per heavy atom. The number of anilines is 5. The van der Waals surface area contributed by atoms with E-state index in [0.29, 0.717) is 11.8 Å². The van der Waals surface area contributed by atoms with Gasteiger partial charge in [-0.15, -0.1) is 0 Å². The molecule has 0 unspecified atom stereocenters. The summed E-state index contributed by atoms with van der Waals surface area (Å²) in [7, 11) is 0. The number of fused-ring (bicyclic) bond motifs is 2. The minimum atomic E-state index is 0.530. The van der Waals surface area contributed by atoms with Crippen LogP contribution in [0.1, 0.15) is 12.5 Å². The van der Waals surface area contributed by atoms with Crippen molar-refractivity contribution >= 4 is 40.2 Å². The number of aliphatic imine (C=N–C) groups is 1. The van der Waals surface area contributed by atoms with E-state index >= 15 is 0 Å². The number of hydrogen-bond acceptors (Lipinski definition) is 7. The topological polar surface area (TPSA) is 74.7 Å². The van der Waals surface area contributed by atoms with Gasteiger partial charge < -0.3 is 20.3 Å². The average Bonchev–Trinajstić information content (AvgIpc) is 2.90. The van der Waals surface area contributed by atoms with Crippen molar-refractivity contribution in [3.63, 3.8) is 0 Å². The molecular weight excluding hydrogens is 364 g/mol. The van der Waals surface area contributed by atoms with Gasteiger partial charge in [0.2, 0.25) is 5.95 Å². The molecule has 2 aromatic carbocycles. The summed E-state index contributed by atoms with van der Waals surface area (Å²) in [6.45, 7) is 5.40. The average molecular weight is 386 g/mol. The van der Waals surface area contributed by atoms with Crippen molar-refractivity contribution in [3.8, 4) is 0 Å². The predicted molar refractivity (Wildman–Crippen MR) is 116 cm³/mol. The Balaban J connectivity index is 1.37. The quantitative estimate of drug-likeness (QED) is 0.701. The lowest BCUT2D eigenvalue weighted by Crippen LogP contribution is -2.36. The summed E-state index contributed by atoms with van der Waals surface area (Å²) in [5.74, 6) is 1.22. The van der Waals surface area contributed by atoms with Crippen LogP contribution in [0, 0.1) is 0 Å². The highest BCUT2D eigenvalue weighted by atomic mass is 16.5. The molecule has 0 atom stereocenters. The second kappa shape index (κ2) is 7.52. The SMILES string of the molecule is CC1=Nc2cnc(Nc3ccc(N4CCOCC4)cc3)nc2Nc2ccccc21. The van der Waals surface area contributed by atoms with Crippen LogP contribution in [-0.4, -0.2) is 42.0 Å². The van der Waals surface area contributed by atoms with Crippen molar-refractivity contribution in [2.24, 2.45) is 4.99 Å². The molecule has 0 radical (unpaired) electrons. The van der Waals surface area contributed by atoms with E-state index in [4.69, 9.17) is 4.74 Å². The highest BCUT2D eigenvalue weighted by Gasteiger charge is 2.16. The Hall–Kier alpha value is -3.45. The lowest BCUT2D eigenvalue weighted by Gasteiger charge is -2.28. The third-order valence-electron chi connectivity index (χ3n) is 5.13. The number of rotatable bonds is 3. The second-order valence-electron chi connectivity index (χ2n) is 7.07. The van der Waals surface area contributed by atoms with E-state index in [-0.39, 0.29) is 0 Å². The molecule has 0 saturated carbocycles. The Bertz CT molecular complexity index is 1060. The van der Waals surface area contributed by atoms with Gasteiger partial charge in [-0.2, -0.15) is 4.98 Å². The maximum atomic E-state index is 5.42. The molecule has 0 spiro atoms. The molecule has 1 saturated heterocycles. The van der Waals surface area contributed by atoms with E-state index in [1.165, 1.54) is 5.69 Å². The number of morpholine rings is 1. The first-order valence-corrected chi connectivity index (χ1v) is 9.75. The summed E-state index contributed by atoms with van der Waals surface area (Å²) in [6, 6.07) is 16.4. The minimum absolute atomic E-state index is 0.530. The van der Waals surface area contributed by atoms with E-state index in [0.717, 1.165) is 54.6 Å². The first-order valence-electron chi connectivity index (χ1n) is 9.75. The summed E-state index contributed by atoms with van der Waals surface area (Å²) < 4.78 is 5.42.